The summed E-state index contributed by atoms with van der Waals surface area (Å²) in [5, 5.41) is 2.90. The summed E-state index contributed by atoms with van der Waals surface area (Å²) in [4.78, 5) is 14.1. The van der Waals surface area contributed by atoms with E-state index in [0.717, 1.165) is 23.5 Å². The van der Waals surface area contributed by atoms with Gasteiger partial charge < -0.3 is 10.2 Å². The van der Waals surface area contributed by atoms with Crippen molar-refractivity contribution in [3.63, 3.8) is 0 Å². The fourth-order valence-electron chi connectivity index (χ4n) is 2.47. The highest BCUT2D eigenvalue weighted by molar-refractivity contribution is 5.95. The third-order valence-corrected chi connectivity index (χ3v) is 3.42. The number of rotatable bonds is 3. The van der Waals surface area contributed by atoms with Gasteiger partial charge in [-0.05, 0) is 23.8 Å². The number of hydrogen-bond donors (Lipinski definition) is 1. The lowest BCUT2D eigenvalue weighted by Gasteiger charge is -2.20. The Hall–Kier alpha value is -2.55. The van der Waals surface area contributed by atoms with Crippen molar-refractivity contribution in [2.45, 2.75) is 6.42 Å². The molecular formula is C17H16N2O. The Morgan fingerprint density at radius 2 is 1.80 bits per heavy atom. The van der Waals surface area contributed by atoms with Gasteiger partial charge in [-0.3, -0.25) is 4.79 Å². The number of para-hydroxylation sites is 2. The summed E-state index contributed by atoms with van der Waals surface area (Å²) >= 11 is 0. The number of benzene rings is 2. The minimum absolute atomic E-state index is 0.0333. The van der Waals surface area contributed by atoms with Crippen molar-refractivity contribution >= 4 is 17.3 Å². The van der Waals surface area contributed by atoms with Gasteiger partial charge in [-0.2, -0.15) is 0 Å². The predicted molar refractivity (Wildman–Crippen MR) is 81.7 cm³/mol. The highest BCUT2D eigenvalue weighted by Crippen LogP contribution is 2.32. The minimum atomic E-state index is -0.0333. The van der Waals surface area contributed by atoms with Gasteiger partial charge in [-0.25, -0.2) is 0 Å². The van der Waals surface area contributed by atoms with Crippen LogP contribution >= 0.6 is 0 Å². The molecule has 2 aromatic carbocycles. The molecule has 0 aromatic heterocycles. The Morgan fingerprint density at radius 3 is 2.60 bits per heavy atom. The van der Waals surface area contributed by atoms with Gasteiger partial charge in [0.2, 0.25) is 5.91 Å². The fourth-order valence-corrected chi connectivity index (χ4v) is 2.47. The number of allylic oxidation sites excluding steroid dienone is 1. The third kappa shape index (κ3) is 2.43. The molecule has 1 N–H and O–H groups in total. The van der Waals surface area contributed by atoms with Crippen LogP contribution in [0.2, 0.25) is 0 Å². The lowest BCUT2D eigenvalue weighted by atomic mass is 10.1. The van der Waals surface area contributed by atoms with Gasteiger partial charge in [-0.1, -0.05) is 43.0 Å². The van der Waals surface area contributed by atoms with E-state index in [-0.39, 0.29) is 5.91 Å². The van der Waals surface area contributed by atoms with Crippen LogP contribution in [0.5, 0.6) is 0 Å². The lowest BCUT2D eigenvalue weighted by Crippen LogP contribution is -2.30. The van der Waals surface area contributed by atoms with Gasteiger partial charge in [0.05, 0.1) is 0 Å². The topological polar surface area (TPSA) is 32.3 Å². The van der Waals surface area contributed by atoms with Crippen molar-refractivity contribution in [3.8, 4) is 0 Å². The third-order valence-electron chi connectivity index (χ3n) is 3.42. The molecule has 0 spiro atoms. The summed E-state index contributed by atoms with van der Waals surface area (Å²) in [6.07, 6.45) is 0.814. The van der Waals surface area contributed by atoms with Crippen LogP contribution in [-0.4, -0.2) is 12.5 Å². The van der Waals surface area contributed by atoms with Crippen LogP contribution in [0.4, 0.5) is 11.4 Å². The van der Waals surface area contributed by atoms with Crippen molar-refractivity contribution in [1.29, 1.82) is 0 Å². The molecule has 0 fully saturated rings. The fraction of sp³-hybridized carbons (Fsp3) is 0.118. The second-order valence-corrected chi connectivity index (χ2v) is 4.87. The first-order chi connectivity index (χ1) is 9.74. The van der Waals surface area contributed by atoms with Crippen LogP contribution in [0.3, 0.4) is 0 Å². The Morgan fingerprint density at radius 1 is 1.10 bits per heavy atom. The van der Waals surface area contributed by atoms with E-state index in [9.17, 15) is 4.79 Å². The minimum Gasteiger partial charge on any atom is -0.336 e. The second-order valence-electron chi connectivity index (χ2n) is 4.87. The van der Waals surface area contributed by atoms with E-state index in [1.54, 1.807) is 0 Å². The van der Waals surface area contributed by atoms with Crippen LogP contribution < -0.4 is 10.2 Å². The molecule has 2 aromatic rings. The van der Waals surface area contributed by atoms with Gasteiger partial charge in [0.15, 0.2) is 0 Å². The predicted octanol–water partition coefficient (Wildman–Crippen LogP) is 3.20. The number of carbonyl (C=O) groups excluding carboxylic acids is 1. The average Bonchev–Trinajstić information content (AvgIpc) is 2.76. The molecule has 100 valence electrons. The lowest BCUT2D eigenvalue weighted by molar-refractivity contribution is -0.114. The maximum absolute atomic E-state index is 12.1. The van der Waals surface area contributed by atoms with E-state index in [1.165, 1.54) is 5.56 Å². The molecular weight excluding hydrogens is 248 g/mol. The molecule has 0 saturated carbocycles. The standard InChI is InChI=1S/C17H16N2O/c1-13-11-14-7-5-6-10-16(14)19(13)12-17(20)18-15-8-3-2-4-9-15/h2-10H,1,11-12H2,(H,18,20). The second kappa shape index (κ2) is 5.21. The maximum atomic E-state index is 12.1. The van der Waals surface area contributed by atoms with E-state index in [1.807, 2.05) is 53.4 Å². The average molecular weight is 264 g/mol. The van der Waals surface area contributed by atoms with E-state index < -0.39 is 0 Å². The molecule has 3 nitrogen and oxygen atoms in total. The molecule has 1 aliphatic rings. The number of nitrogens with one attached hydrogen (secondary N) is 1. The van der Waals surface area contributed by atoms with Crippen LogP contribution in [0.15, 0.2) is 66.9 Å². The highest BCUT2D eigenvalue weighted by Gasteiger charge is 2.23. The quantitative estimate of drug-likeness (QED) is 0.923. The number of nitrogens with zero attached hydrogens (tertiary/aromatic N) is 1. The zero-order valence-corrected chi connectivity index (χ0v) is 11.2. The normalized spacial score (nSPS) is 13.2. The molecule has 20 heavy (non-hydrogen) atoms. The molecule has 0 aliphatic carbocycles. The SMILES string of the molecule is C=C1Cc2ccccc2N1CC(=O)Nc1ccccc1. The summed E-state index contributed by atoms with van der Waals surface area (Å²) in [5.41, 5.74) is 4.09. The van der Waals surface area contributed by atoms with Gasteiger partial charge in [0.25, 0.3) is 0 Å². The summed E-state index contributed by atoms with van der Waals surface area (Å²) in [6.45, 7) is 4.35. The van der Waals surface area contributed by atoms with Gasteiger partial charge in [-0.15, -0.1) is 0 Å². The maximum Gasteiger partial charge on any atom is 0.244 e. The molecule has 1 heterocycles. The number of carbonyl (C=O) groups is 1. The van der Waals surface area contributed by atoms with Gasteiger partial charge in [0, 0.05) is 23.5 Å². The first kappa shape index (κ1) is 12.5. The summed E-state index contributed by atoms with van der Waals surface area (Å²) in [5.74, 6) is -0.0333. The smallest absolute Gasteiger partial charge is 0.244 e. The Balaban J connectivity index is 1.72. The summed E-state index contributed by atoms with van der Waals surface area (Å²) in [7, 11) is 0. The van der Waals surface area contributed by atoms with Crippen LogP contribution in [0.1, 0.15) is 5.56 Å². The van der Waals surface area contributed by atoms with Crippen molar-refractivity contribution < 1.29 is 4.79 Å². The Labute approximate surface area is 118 Å². The molecule has 0 atom stereocenters. The molecule has 0 bridgehead atoms. The van der Waals surface area contributed by atoms with Crippen molar-refractivity contribution in [3.05, 3.63) is 72.4 Å². The highest BCUT2D eigenvalue weighted by atomic mass is 16.2. The molecule has 1 aliphatic heterocycles. The summed E-state index contributed by atoms with van der Waals surface area (Å²) in [6, 6.07) is 17.6. The molecule has 3 heteroatoms. The first-order valence-corrected chi connectivity index (χ1v) is 6.62. The van der Waals surface area contributed by atoms with Crippen molar-refractivity contribution in [1.82, 2.24) is 0 Å². The largest absolute Gasteiger partial charge is 0.336 e. The number of fused-ring (bicyclic) bond motifs is 1. The van der Waals surface area contributed by atoms with E-state index in [0.29, 0.717) is 6.54 Å². The first-order valence-electron chi connectivity index (χ1n) is 6.62. The van der Waals surface area contributed by atoms with Crippen molar-refractivity contribution in [2.24, 2.45) is 0 Å². The van der Waals surface area contributed by atoms with E-state index in [4.69, 9.17) is 0 Å². The monoisotopic (exact) mass is 264 g/mol. The zero-order valence-electron chi connectivity index (χ0n) is 11.2. The number of hydrogen-bond acceptors (Lipinski definition) is 2. The van der Waals surface area contributed by atoms with Gasteiger partial charge >= 0.3 is 0 Å². The van der Waals surface area contributed by atoms with Crippen molar-refractivity contribution in [2.75, 3.05) is 16.8 Å². The van der Waals surface area contributed by atoms with Crippen LogP contribution in [0.25, 0.3) is 0 Å². The Kier molecular flexibility index (Phi) is 3.25. The molecule has 0 unspecified atom stereocenters. The summed E-state index contributed by atoms with van der Waals surface area (Å²) < 4.78 is 0. The van der Waals surface area contributed by atoms with E-state index in [2.05, 4.69) is 18.0 Å². The van der Waals surface area contributed by atoms with Crippen LogP contribution in [-0.2, 0) is 11.2 Å². The molecule has 1 amide bonds. The molecule has 3 rings (SSSR count). The molecule has 0 saturated heterocycles. The number of anilines is 2. The zero-order chi connectivity index (χ0) is 13.9. The van der Waals surface area contributed by atoms with Crippen LogP contribution in [0, 0.1) is 0 Å². The van der Waals surface area contributed by atoms with E-state index >= 15 is 0 Å². The molecule has 0 radical (unpaired) electrons. The Bertz CT molecular complexity index is 649. The van der Waals surface area contributed by atoms with Gasteiger partial charge in [0.1, 0.15) is 6.54 Å². The number of amides is 1.